The van der Waals surface area contributed by atoms with Crippen LogP contribution in [0.1, 0.15) is 17.7 Å². The standard InChI is InChI=1S/C19H19F2N3S/c20-15-4-2-14(3-5-15)12-18-13-25-19(24(18)11-1-10-22)23-17-8-6-16(21)7-9-17/h2-9,13H,1,10-12,22H2. The molecule has 0 saturated carbocycles. The van der Waals surface area contributed by atoms with Crippen LogP contribution in [0.15, 0.2) is 58.9 Å². The number of nitrogens with zero attached hydrogens (tertiary/aromatic N) is 2. The summed E-state index contributed by atoms with van der Waals surface area (Å²) in [6, 6.07) is 12.6. The van der Waals surface area contributed by atoms with E-state index >= 15 is 0 Å². The molecule has 0 bridgehead atoms. The molecular weight excluding hydrogens is 340 g/mol. The molecule has 3 rings (SSSR count). The Labute approximate surface area is 149 Å². The smallest absolute Gasteiger partial charge is 0.190 e. The third-order valence-corrected chi connectivity index (χ3v) is 4.73. The van der Waals surface area contributed by atoms with Crippen molar-refractivity contribution in [3.05, 3.63) is 81.6 Å². The zero-order chi connectivity index (χ0) is 17.6. The van der Waals surface area contributed by atoms with Crippen LogP contribution in [-0.2, 0) is 13.0 Å². The first-order chi connectivity index (χ1) is 12.2. The third-order valence-electron chi connectivity index (χ3n) is 3.81. The first-order valence-corrected chi connectivity index (χ1v) is 8.95. The molecule has 2 aromatic carbocycles. The zero-order valence-electron chi connectivity index (χ0n) is 13.7. The Morgan fingerprint density at radius 1 is 0.960 bits per heavy atom. The Bertz CT molecular complexity index is 880. The van der Waals surface area contributed by atoms with Crippen molar-refractivity contribution in [2.75, 3.05) is 6.54 Å². The maximum Gasteiger partial charge on any atom is 0.190 e. The Morgan fingerprint density at radius 2 is 1.60 bits per heavy atom. The summed E-state index contributed by atoms with van der Waals surface area (Å²) in [4.78, 5) is 5.47. The van der Waals surface area contributed by atoms with Gasteiger partial charge in [-0.05, 0) is 54.9 Å². The number of halogens is 2. The van der Waals surface area contributed by atoms with E-state index in [4.69, 9.17) is 5.73 Å². The van der Waals surface area contributed by atoms with Crippen LogP contribution in [0.25, 0.3) is 0 Å². The molecule has 2 N–H and O–H groups in total. The highest BCUT2D eigenvalue weighted by molar-refractivity contribution is 7.07. The first-order valence-electron chi connectivity index (χ1n) is 8.08. The van der Waals surface area contributed by atoms with E-state index < -0.39 is 0 Å². The molecule has 6 heteroatoms. The van der Waals surface area contributed by atoms with Crippen LogP contribution >= 0.6 is 11.3 Å². The Hall–Kier alpha value is -2.31. The van der Waals surface area contributed by atoms with Gasteiger partial charge < -0.3 is 10.3 Å². The second kappa shape index (κ2) is 8.18. The first kappa shape index (κ1) is 17.5. The minimum atomic E-state index is -0.280. The SMILES string of the molecule is NCCCn1c(Cc2ccc(F)cc2)csc1=Nc1ccc(F)cc1. The molecule has 0 saturated heterocycles. The van der Waals surface area contributed by atoms with Gasteiger partial charge in [0.15, 0.2) is 4.80 Å². The van der Waals surface area contributed by atoms with Crippen molar-refractivity contribution in [2.45, 2.75) is 19.4 Å². The summed E-state index contributed by atoms with van der Waals surface area (Å²) < 4.78 is 28.3. The number of hydrogen-bond acceptors (Lipinski definition) is 3. The van der Waals surface area contributed by atoms with Crippen LogP contribution in [0.5, 0.6) is 0 Å². The summed E-state index contributed by atoms with van der Waals surface area (Å²) in [5.74, 6) is -0.518. The lowest BCUT2D eigenvalue weighted by atomic mass is 10.1. The lowest BCUT2D eigenvalue weighted by Crippen LogP contribution is -2.19. The van der Waals surface area contributed by atoms with Crippen molar-refractivity contribution in [1.82, 2.24) is 4.57 Å². The maximum atomic E-state index is 13.1. The molecule has 0 fully saturated rings. The predicted octanol–water partition coefficient (Wildman–Crippen LogP) is 4.00. The van der Waals surface area contributed by atoms with E-state index in [0.717, 1.165) is 29.0 Å². The summed E-state index contributed by atoms with van der Waals surface area (Å²) in [7, 11) is 0. The monoisotopic (exact) mass is 359 g/mol. The van der Waals surface area contributed by atoms with E-state index in [1.165, 1.54) is 35.6 Å². The lowest BCUT2D eigenvalue weighted by Gasteiger charge is -2.08. The average Bonchev–Trinajstić information content (AvgIpc) is 2.98. The van der Waals surface area contributed by atoms with Gasteiger partial charge in [-0.1, -0.05) is 12.1 Å². The van der Waals surface area contributed by atoms with Crippen molar-refractivity contribution in [2.24, 2.45) is 10.7 Å². The van der Waals surface area contributed by atoms with Crippen LogP contribution < -0.4 is 10.5 Å². The topological polar surface area (TPSA) is 43.3 Å². The maximum absolute atomic E-state index is 13.1. The molecule has 3 aromatic rings. The Morgan fingerprint density at radius 3 is 2.24 bits per heavy atom. The van der Waals surface area contributed by atoms with Gasteiger partial charge in [0.05, 0.1) is 5.69 Å². The van der Waals surface area contributed by atoms with Crippen molar-refractivity contribution < 1.29 is 8.78 Å². The van der Waals surface area contributed by atoms with Gasteiger partial charge in [-0.3, -0.25) is 0 Å². The van der Waals surface area contributed by atoms with Crippen molar-refractivity contribution in [3.8, 4) is 0 Å². The highest BCUT2D eigenvalue weighted by Crippen LogP contribution is 2.15. The fraction of sp³-hybridized carbons (Fsp3) is 0.211. The number of nitrogens with two attached hydrogens (primary N) is 1. The van der Waals surface area contributed by atoms with Gasteiger partial charge in [-0.2, -0.15) is 0 Å². The Balaban J connectivity index is 1.94. The van der Waals surface area contributed by atoms with Crippen LogP contribution in [-0.4, -0.2) is 11.1 Å². The van der Waals surface area contributed by atoms with Gasteiger partial charge in [-0.25, -0.2) is 13.8 Å². The average molecular weight is 359 g/mol. The molecule has 0 aliphatic carbocycles. The molecule has 1 heterocycles. The van der Waals surface area contributed by atoms with Crippen LogP contribution in [0.3, 0.4) is 0 Å². The highest BCUT2D eigenvalue weighted by atomic mass is 32.1. The quantitative estimate of drug-likeness (QED) is 0.710. The Kier molecular flexibility index (Phi) is 5.73. The number of benzene rings is 2. The van der Waals surface area contributed by atoms with Crippen molar-refractivity contribution in [1.29, 1.82) is 0 Å². The van der Waals surface area contributed by atoms with Crippen molar-refractivity contribution >= 4 is 17.0 Å². The molecule has 0 aliphatic heterocycles. The summed E-state index contributed by atoms with van der Waals surface area (Å²) in [5, 5.41) is 2.06. The minimum absolute atomic E-state index is 0.239. The molecule has 0 radical (unpaired) electrons. The summed E-state index contributed by atoms with van der Waals surface area (Å²) in [6.45, 7) is 1.35. The third kappa shape index (κ3) is 4.61. The van der Waals surface area contributed by atoms with Gasteiger partial charge in [0.25, 0.3) is 0 Å². The second-order valence-electron chi connectivity index (χ2n) is 5.69. The summed E-state index contributed by atoms with van der Waals surface area (Å²) >= 11 is 1.54. The zero-order valence-corrected chi connectivity index (χ0v) is 14.5. The van der Waals surface area contributed by atoms with Gasteiger partial charge in [0, 0.05) is 24.0 Å². The molecule has 3 nitrogen and oxygen atoms in total. The molecule has 0 spiro atoms. The largest absolute Gasteiger partial charge is 0.330 e. The molecule has 0 amide bonds. The summed E-state index contributed by atoms with van der Waals surface area (Å²) in [5.41, 5.74) is 8.51. The number of thiazole rings is 1. The molecule has 25 heavy (non-hydrogen) atoms. The van der Waals surface area contributed by atoms with E-state index in [1.54, 1.807) is 24.3 Å². The number of aromatic nitrogens is 1. The molecule has 1 aromatic heterocycles. The predicted molar refractivity (Wildman–Crippen MR) is 96.8 cm³/mol. The van der Waals surface area contributed by atoms with Gasteiger partial charge >= 0.3 is 0 Å². The molecule has 0 aliphatic rings. The van der Waals surface area contributed by atoms with E-state index in [1.807, 2.05) is 0 Å². The van der Waals surface area contributed by atoms with E-state index in [-0.39, 0.29) is 11.6 Å². The van der Waals surface area contributed by atoms with Crippen molar-refractivity contribution in [3.63, 3.8) is 0 Å². The van der Waals surface area contributed by atoms with Crippen LogP contribution in [0, 0.1) is 11.6 Å². The fourth-order valence-electron chi connectivity index (χ4n) is 2.52. The van der Waals surface area contributed by atoms with E-state index in [0.29, 0.717) is 18.7 Å². The number of rotatable bonds is 6. The van der Waals surface area contributed by atoms with Crippen LogP contribution in [0.2, 0.25) is 0 Å². The lowest BCUT2D eigenvalue weighted by molar-refractivity contribution is 0.612. The summed E-state index contributed by atoms with van der Waals surface area (Å²) in [6.07, 6.45) is 1.53. The molecule has 0 atom stereocenters. The van der Waals surface area contributed by atoms with Gasteiger partial charge in [-0.15, -0.1) is 11.3 Å². The van der Waals surface area contributed by atoms with E-state index in [9.17, 15) is 8.78 Å². The molecule has 130 valence electrons. The second-order valence-corrected chi connectivity index (χ2v) is 6.53. The molecular formula is C19H19F2N3S. The van der Waals surface area contributed by atoms with E-state index in [2.05, 4.69) is 14.9 Å². The minimum Gasteiger partial charge on any atom is -0.330 e. The molecule has 0 unspecified atom stereocenters. The highest BCUT2D eigenvalue weighted by Gasteiger charge is 2.07. The normalized spacial score (nSPS) is 11.9. The van der Waals surface area contributed by atoms with Gasteiger partial charge in [0.2, 0.25) is 0 Å². The fourth-order valence-corrected chi connectivity index (χ4v) is 3.47. The van der Waals surface area contributed by atoms with Crippen LogP contribution in [0.4, 0.5) is 14.5 Å². The van der Waals surface area contributed by atoms with Gasteiger partial charge in [0.1, 0.15) is 11.6 Å². The number of hydrogen-bond donors (Lipinski definition) is 1.